The van der Waals surface area contributed by atoms with Crippen molar-refractivity contribution < 1.29 is 9.53 Å². The van der Waals surface area contributed by atoms with E-state index in [0.29, 0.717) is 24.5 Å². The van der Waals surface area contributed by atoms with Gasteiger partial charge in [0.2, 0.25) is 5.91 Å². The Morgan fingerprint density at radius 3 is 2.79 bits per heavy atom. The number of aromatic nitrogens is 2. The standard InChI is InChI=1S/C21H25N5O2S/c22-29-25-10-3-1-2-6-20(27)26-19-14-18(13-17-5-4-9-24-21(17)19)28-15-16-7-11-23-12-8-16/h4-5,7-9,11-14,25H,1-3,6,10,15,22H2,(H,26,27). The molecule has 1 amide bonds. The van der Waals surface area contributed by atoms with Gasteiger partial charge in [-0.3, -0.25) is 24.6 Å². The van der Waals surface area contributed by atoms with Gasteiger partial charge < -0.3 is 10.1 Å². The fraction of sp³-hybridized carbons (Fsp3) is 0.286. The molecular formula is C21H25N5O2S. The van der Waals surface area contributed by atoms with Gasteiger partial charge in [-0.2, -0.15) is 0 Å². The number of nitrogens with zero attached hydrogens (tertiary/aromatic N) is 2. The van der Waals surface area contributed by atoms with E-state index in [1.807, 2.05) is 36.4 Å². The van der Waals surface area contributed by atoms with E-state index < -0.39 is 0 Å². The molecule has 3 aromatic rings. The van der Waals surface area contributed by atoms with Gasteiger partial charge in [0.15, 0.2) is 0 Å². The number of ether oxygens (including phenoxy) is 1. The quantitative estimate of drug-likeness (QED) is 0.326. The Bertz CT molecular complexity index is 923. The van der Waals surface area contributed by atoms with E-state index in [2.05, 4.69) is 20.0 Å². The molecule has 0 aliphatic carbocycles. The van der Waals surface area contributed by atoms with Crippen LogP contribution in [0, 0.1) is 0 Å². The molecule has 0 radical (unpaired) electrons. The molecule has 2 aromatic heterocycles. The minimum Gasteiger partial charge on any atom is -0.489 e. The summed E-state index contributed by atoms with van der Waals surface area (Å²) in [4.78, 5) is 20.8. The van der Waals surface area contributed by atoms with Crippen molar-refractivity contribution in [2.75, 3.05) is 11.9 Å². The zero-order valence-corrected chi connectivity index (χ0v) is 17.0. The Kier molecular flexibility index (Phi) is 8.24. The second kappa shape index (κ2) is 11.4. The van der Waals surface area contributed by atoms with Gasteiger partial charge in [0.25, 0.3) is 0 Å². The van der Waals surface area contributed by atoms with Gasteiger partial charge in [-0.1, -0.05) is 12.5 Å². The number of carbonyl (C=O) groups is 1. The van der Waals surface area contributed by atoms with Crippen molar-refractivity contribution >= 4 is 34.6 Å². The molecule has 0 saturated carbocycles. The maximum absolute atomic E-state index is 12.4. The largest absolute Gasteiger partial charge is 0.489 e. The zero-order chi connectivity index (χ0) is 20.3. The Labute approximate surface area is 174 Å². The number of hydrogen-bond donors (Lipinski definition) is 3. The van der Waals surface area contributed by atoms with E-state index in [0.717, 1.165) is 54.4 Å². The van der Waals surface area contributed by atoms with Gasteiger partial charge in [-0.05, 0) is 42.7 Å². The van der Waals surface area contributed by atoms with Gasteiger partial charge in [0.1, 0.15) is 12.4 Å². The van der Waals surface area contributed by atoms with Crippen molar-refractivity contribution in [2.24, 2.45) is 5.14 Å². The number of anilines is 1. The molecule has 7 nitrogen and oxygen atoms in total. The molecule has 4 N–H and O–H groups in total. The maximum atomic E-state index is 12.4. The van der Waals surface area contributed by atoms with Gasteiger partial charge in [-0.15, -0.1) is 0 Å². The molecule has 1 aromatic carbocycles. The molecule has 2 heterocycles. The van der Waals surface area contributed by atoms with E-state index in [1.54, 1.807) is 18.6 Å². The highest BCUT2D eigenvalue weighted by Crippen LogP contribution is 2.28. The molecule has 0 spiro atoms. The molecule has 152 valence electrons. The molecule has 0 aliphatic heterocycles. The summed E-state index contributed by atoms with van der Waals surface area (Å²) in [5, 5.41) is 9.22. The monoisotopic (exact) mass is 411 g/mol. The third-order valence-corrected chi connectivity index (χ3v) is 4.74. The van der Waals surface area contributed by atoms with Crippen LogP contribution in [0.25, 0.3) is 10.9 Å². The van der Waals surface area contributed by atoms with E-state index in [1.165, 1.54) is 0 Å². The molecular weight excluding hydrogens is 386 g/mol. The van der Waals surface area contributed by atoms with Crippen molar-refractivity contribution in [1.29, 1.82) is 0 Å². The van der Waals surface area contributed by atoms with Crippen molar-refractivity contribution in [3.63, 3.8) is 0 Å². The average molecular weight is 412 g/mol. The summed E-state index contributed by atoms with van der Waals surface area (Å²) in [7, 11) is 0. The van der Waals surface area contributed by atoms with Gasteiger partial charge in [-0.25, -0.2) is 0 Å². The van der Waals surface area contributed by atoms with Crippen LogP contribution >= 0.6 is 12.1 Å². The van der Waals surface area contributed by atoms with Crippen molar-refractivity contribution in [3.8, 4) is 5.75 Å². The molecule has 29 heavy (non-hydrogen) atoms. The number of nitrogens with two attached hydrogens (primary N) is 1. The fourth-order valence-corrected chi connectivity index (χ4v) is 3.18. The summed E-state index contributed by atoms with van der Waals surface area (Å²) < 4.78 is 8.93. The number of pyridine rings is 2. The number of carbonyl (C=O) groups excluding carboxylic acids is 1. The average Bonchev–Trinajstić information content (AvgIpc) is 2.75. The van der Waals surface area contributed by atoms with Gasteiger partial charge in [0, 0.05) is 55.1 Å². The summed E-state index contributed by atoms with van der Waals surface area (Å²) in [6, 6.07) is 11.4. The predicted molar refractivity (Wildman–Crippen MR) is 117 cm³/mol. The van der Waals surface area contributed by atoms with Crippen LogP contribution in [-0.4, -0.2) is 22.4 Å². The number of fused-ring (bicyclic) bond motifs is 1. The molecule has 3 rings (SSSR count). The smallest absolute Gasteiger partial charge is 0.224 e. The highest BCUT2D eigenvalue weighted by molar-refractivity contribution is 7.95. The van der Waals surface area contributed by atoms with Crippen LogP contribution in [0.3, 0.4) is 0 Å². The minimum absolute atomic E-state index is 0.0237. The molecule has 8 heteroatoms. The van der Waals surface area contributed by atoms with Crippen molar-refractivity contribution in [1.82, 2.24) is 14.7 Å². The number of unbranched alkanes of at least 4 members (excludes halogenated alkanes) is 2. The minimum atomic E-state index is -0.0237. The topological polar surface area (TPSA) is 102 Å². The highest BCUT2D eigenvalue weighted by atomic mass is 32.2. The van der Waals surface area contributed by atoms with Crippen LogP contribution < -0.4 is 19.9 Å². The Morgan fingerprint density at radius 2 is 1.97 bits per heavy atom. The number of nitrogens with one attached hydrogen (secondary N) is 2. The zero-order valence-electron chi connectivity index (χ0n) is 16.1. The number of rotatable bonds is 11. The number of hydrogen-bond acceptors (Lipinski definition) is 7. The second-order valence-electron chi connectivity index (χ2n) is 6.56. The van der Waals surface area contributed by atoms with Crippen LogP contribution in [0.2, 0.25) is 0 Å². The first kappa shape index (κ1) is 21.0. The van der Waals surface area contributed by atoms with Crippen LogP contribution in [0.5, 0.6) is 5.75 Å². The van der Waals surface area contributed by atoms with E-state index in [9.17, 15) is 4.79 Å². The van der Waals surface area contributed by atoms with Crippen LogP contribution in [0.1, 0.15) is 31.2 Å². The third-order valence-electron chi connectivity index (χ3n) is 4.37. The van der Waals surface area contributed by atoms with E-state index >= 15 is 0 Å². The number of amides is 1. The molecule has 0 saturated heterocycles. The maximum Gasteiger partial charge on any atom is 0.224 e. The van der Waals surface area contributed by atoms with E-state index in [4.69, 9.17) is 9.88 Å². The summed E-state index contributed by atoms with van der Waals surface area (Å²) in [5.41, 5.74) is 2.44. The molecule has 0 unspecified atom stereocenters. The SMILES string of the molecule is NSNCCCCCC(=O)Nc1cc(OCc2ccncc2)cc2cccnc12. The lowest BCUT2D eigenvalue weighted by Crippen LogP contribution is -2.12. The third kappa shape index (κ3) is 6.70. The lowest BCUT2D eigenvalue weighted by Gasteiger charge is -2.12. The Hall–Kier alpha value is -2.68. The normalized spacial score (nSPS) is 10.8. The first-order valence-corrected chi connectivity index (χ1v) is 10.4. The Balaban J connectivity index is 1.63. The fourth-order valence-electron chi connectivity index (χ4n) is 2.92. The molecule has 0 aliphatic rings. The lowest BCUT2D eigenvalue weighted by atomic mass is 10.1. The number of benzene rings is 1. The molecule has 0 bridgehead atoms. The molecule has 0 atom stereocenters. The second-order valence-corrected chi connectivity index (χ2v) is 7.09. The Morgan fingerprint density at radius 1 is 1.10 bits per heavy atom. The summed E-state index contributed by atoms with van der Waals surface area (Å²) in [6.45, 7) is 1.27. The summed E-state index contributed by atoms with van der Waals surface area (Å²) >= 11 is 1.12. The van der Waals surface area contributed by atoms with Gasteiger partial charge in [0.05, 0.1) is 11.2 Å². The van der Waals surface area contributed by atoms with Crippen LogP contribution in [0.4, 0.5) is 5.69 Å². The first-order valence-electron chi connectivity index (χ1n) is 9.55. The van der Waals surface area contributed by atoms with Gasteiger partial charge >= 0.3 is 0 Å². The van der Waals surface area contributed by atoms with E-state index in [-0.39, 0.29) is 5.91 Å². The van der Waals surface area contributed by atoms with Crippen LogP contribution in [-0.2, 0) is 11.4 Å². The summed E-state index contributed by atoms with van der Waals surface area (Å²) in [5.74, 6) is 0.660. The summed E-state index contributed by atoms with van der Waals surface area (Å²) in [6.07, 6.45) is 8.44. The first-order chi connectivity index (χ1) is 14.3. The van der Waals surface area contributed by atoms with Crippen molar-refractivity contribution in [2.45, 2.75) is 32.3 Å². The molecule has 0 fully saturated rings. The predicted octanol–water partition coefficient (Wildman–Crippen LogP) is 3.82. The lowest BCUT2D eigenvalue weighted by molar-refractivity contribution is -0.116. The highest BCUT2D eigenvalue weighted by Gasteiger charge is 2.10. The van der Waals surface area contributed by atoms with Crippen LogP contribution in [0.15, 0.2) is 55.0 Å². The van der Waals surface area contributed by atoms with Crippen molar-refractivity contribution in [3.05, 3.63) is 60.6 Å².